The molecular weight excluding hydrogens is 300 g/mol. The molecule has 6 nitrogen and oxygen atoms in total. The number of nitrogens with zero attached hydrogens (tertiary/aromatic N) is 1. The first kappa shape index (κ1) is 18.4. The molecule has 0 radical (unpaired) electrons. The molecule has 0 atom stereocenters. The third-order valence-electron chi connectivity index (χ3n) is 3.27. The maximum absolute atomic E-state index is 11.6. The second-order valence-corrected chi connectivity index (χ2v) is 6.93. The van der Waals surface area contributed by atoms with E-state index in [0.717, 1.165) is 18.5 Å². The van der Waals surface area contributed by atoms with Crippen molar-refractivity contribution in [1.29, 1.82) is 0 Å². The Morgan fingerprint density at radius 1 is 1.18 bits per heavy atom. The van der Waals surface area contributed by atoms with Gasteiger partial charge in [0.1, 0.15) is 0 Å². The second kappa shape index (κ2) is 9.42. The summed E-state index contributed by atoms with van der Waals surface area (Å²) in [6.07, 6.45) is 4.72. The van der Waals surface area contributed by atoms with Crippen molar-refractivity contribution in [1.82, 2.24) is 10.0 Å². The summed E-state index contributed by atoms with van der Waals surface area (Å²) in [5.41, 5.74) is 6.70. The van der Waals surface area contributed by atoms with Gasteiger partial charge in [-0.2, -0.15) is 0 Å². The minimum atomic E-state index is -3.39. The number of unbranched alkanes of at least 4 members (excludes halogenated alkanes) is 3. The summed E-state index contributed by atoms with van der Waals surface area (Å²) in [5.74, 6) is 0.420. The van der Waals surface area contributed by atoms with Crippen LogP contribution in [0.15, 0.2) is 34.2 Å². The predicted molar refractivity (Wildman–Crippen MR) is 90.2 cm³/mol. The van der Waals surface area contributed by atoms with E-state index in [2.05, 4.69) is 22.0 Å². The van der Waals surface area contributed by atoms with Gasteiger partial charge >= 0.3 is 0 Å². The monoisotopic (exact) mass is 326 g/mol. The molecule has 0 aliphatic rings. The normalized spacial score (nSPS) is 12.4. The van der Waals surface area contributed by atoms with E-state index in [4.69, 9.17) is 5.73 Å². The molecule has 0 spiro atoms. The molecule has 1 aromatic carbocycles. The molecule has 0 aliphatic carbocycles. The Balaban J connectivity index is 2.45. The fourth-order valence-corrected chi connectivity index (χ4v) is 2.62. The van der Waals surface area contributed by atoms with Crippen LogP contribution in [0.25, 0.3) is 0 Å². The van der Waals surface area contributed by atoms with Gasteiger partial charge in [-0.05, 0) is 31.2 Å². The van der Waals surface area contributed by atoms with Gasteiger partial charge in [-0.15, -0.1) is 0 Å². The van der Waals surface area contributed by atoms with E-state index >= 15 is 0 Å². The topological polar surface area (TPSA) is 96.6 Å². The number of nitrogens with two attached hydrogens (primary N) is 1. The highest BCUT2D eigenvalue weighted by Crippen LogP contribution is 2.10. The maximum Gasteiger partial charge on any atom is 0.240 e. The van der Waals surface area contributed by atoms with Gasteiger partial charge in [0.15, 0.2) is 5.96 Å². The van der Waals surface area contributed by atoms with Crippen molar-refractivity contribution in [2.45, 2.75) is 44.0 Å². The lowest BCUT2D eigenvalue weighted by atomic mass is 10.2. The van der Waals surface area contributed by atoms with Gasteiger partial charge < -0.3 is 11.1 Å². The molecule has 0 fully saturated rings. The Morgan fingerprint density at radius 3 is 2.45 bits per heavy atom. The first-order valence-electron chi connectivity index (χ1n) is 7.56. The molecule has 7 heteroatoms. The van der Waals surface area contributed by atoms with Crippen LogP contribution in [0.5, 0.6) is 0 Å². The van der Waals surface area contributed by atoms with E-state index in [9.17, 15) is 8.42 Å². The first-order chi connectivity index (χ1) is 10.5. The molecule has 0 aliphatic heterocycles. The zero-order valence-corrected chi connectivity index (χ0v) is 14.1. The van der Waals surface area contributed by atoms with Crippen LogP contribution in [0.3, 0.4) is 0 Å². The Labute approximate surface area is 133 Å². The highest BCUT2D eigenvalue weighted by molar-refractivity contribution is 7.89. The van der Waals surface area contributed by atoms with Crippen LogP contribution < -0.4 is 15.8 Å². The Bertz CT molecular complexity index is 568. The number of guanidine groups is 1. The van der Waals surface area contributed by atoms with Crippen molar-refractivity contribution >= 4 is 16.0 Å². The van der Waals surface area contributed by atoms with Gasteiger partial charge in [0.25, 0.3) is 0 Å². The van der Waals surface area contributed by atoms with Crippen LogP contribution >= 0.6 is 0 Å². The number of benzene rings is 1. The Kier molecular flexibility index (Phi) is 7.90. The van der Waals surface area contributed by atoms with E-state index in [1.165, 1.54) is 26.3 Å². The van der Waals surface area contributed by atoms with Crippen molar-refractivity contribution in [2.75, 3.05) is 13.6 Å². The predicted octanol–water partition coefficient (Wildman–Crippen LogP) is 1.58. The fraction of sp³-hybridized carbons (Fsp3) is 0.533. The standard InChI is InChI=1S/C15H26N4O2S/c1-3-4-5-6-11-18-15(16)19-12-13-7-9-14(10-8-13)22(20,21)17-2/h7-10,17H,3-6,11-12H2,1-2H3,(H3,16,18,19). The van der Waals surface area contributed by atoms with Gasteiger partial charge in [-0.3, -0.25) is 0 Å². The fourth-order valence-electron chi connectivity index (χ4n) is 1.89. The molecule has 0 amide bonds. The molecule has 0 bridgehead atoms. The smallest absolute Gasteiger partial charge is 0.240 e. The van der Waals surface area contributed by atoms with Crippen LogP contribution in [-0.4, -0.2) is 28.0 Å². The first-order valence-corrected chi connectivity index (χ1v) is 9.04. The van der Waals surface area contributed by atoms with Crippen LogP contribution in [0.4, 0.5) is 0 Å². The lowest BCUT2D eigenvalue weighted by molar-refractivity contribution is 0.588. The summed E-state index contributed by atoms with van der Waals surface area (Å²) in [6.45, 7) is 3.43. The van der Waals surface area contributed by atoms with E-state index in [1.54, 1.807) is 24.3 Å². The number of nitrogens with one attached hydrogen (secondary N) is 2. The molecule has 0 heterocycles. The number of rotatable bonds is 9. The van der Waals surface area contributed by atoms with Crippen LogP contribution in [0.2, 0.25) is 0 Å². The molecule has 0 saturated carbocycles. The highest BCUT2D eigenvalue weighted by Gasteiger charge is 2.10. The molecule has 22 heavy (non-hydrogen) atoms. The summed E-state index contributed by atoms with van der Waals surface area (Å²) < 4.78 is 25.5. The number of sulfonamides is 1. The van der Waals surface area contributed by atoms with Crippen molar-refractivity contribution in [3.05, 3.63) is 29.8 Å². The Hall–Kier alpha value is -1.60. The van der Waals surface area contributed by atoms with Gasteiger partial charge in [-0.1, -0.05) is 38.3 Å². The molecular formula is C15H26N4O2S. The molecule has 0 unspecified atom stereocenters. The van der Waals surface area contributed by atoms with Gasteiger partial charge in [0.05, 0.1) is 11.4 Å². The maximum atomic E-state index is 11.6. The van der Waals surface area contributed by atoms with E-state index < -0.39 is 10.0 Å². The van der Waals surface area contributed by atoms with Crippen LogP contribution in [0, 0.1) is 0 Å². The Morgan fingerprint density at radius 2 is 1.86 bits per heavy atom. The quantitative estimate of drug-likeness (QED) is 0.365. The third kappa shape index (κ3) is 6.44. The highest BCUT2D eigenvalue weighted by atomic mass is 32.2. The van der Waals surface area contributed by atoms with E-state index in [1.807, 2.05) is 0 Å². The van der Waals surface area contributed by atoms with Gasteiger partial charge in [0, 0.05) is 6.54 Å². The summed E-state index contributed by atoms with van der Waals surface area (Å²) in [7, 11) is -2.00. The molecule has 0 saturated heterocycles. The van der Waals surface area contributed by atoms with Crippen molar-refractivity contribution < 1.29 is 8.42 Å². The minimum Gasteiger partial charge on any atom is -0.370 e. The lowest BCUT2D eigenvalue weighted by Gasteiger charge is -2.06. The molecule has 1 rings (SSSR count). The zero-order valence-electron chi connectivity index (χ0n) is 13.3. The SMILES string of the molecule is CCCCCCNC(N)=NCc1ccc(S(=O)(=O)NC)cc1. The zero-order chi connectivity index (χ0) is 16.4. The molecule has 0 aromatic heterocycles. The lowest BCUT2D eigenvalue weighted by Crippen LogP contribution is -2.32. The molecule has 1 aromatic rings. The molecule has 124 valence electrons. The van der Waals surface area contributed by atoms with E-state index in [0.29, 0.717) is 12.5 Å². The van der Waals surface area contributed by atoms with E-state index in [-0.39, 0.29) is 4.90 Å². The van der Waals surface area contributed by atoms with Gasteiger partial charge in [0.2, 0.25) is 10.0 Å². The van der Waals surface area contributed by atoms with Crippen molar-refractivity contribution in [3.63, 3.8) is 0 Å². The molecule has 4 N–H and O–H groups in total. The summed E-state index contributed by atoms with van der Waals surface area (Å²) >= 11 is 0. The van der Waals surface area contributed by atoms with Crippen LogP contribution in [0.1, 0.15) is 38.2 Å². The number of aliphatic imine (C=N–C) groups is 1. The largest absolute Gasteiger partial charge is 0.370 e. The average Bonchev–Trinajstić information content (AvgIpc) is 2.53. The number of hydrogen-bond acceptors (Lipinski definition) is 3. The summed E-state index contributed by atoms with van der Waals surface area (Å²) in [6, 6.07) is 6.60. The van der Waals surface area contributed by atoms with Crippen molar-refractivity contribution in [2.24, 2.45) is 10.7 Å². The number of hydrogen-bond donors (Lipinski definition) is 3. The van der Waals surface area contributed by atoms with Crippen LogP contribution in [-0.2, 0) is 16.6 Å². The average molecular weight is 326 g/mol. The summed E-state index contributed by atoms with van der Waals surface area (Å²) in [5, 5.41) is 3.08. The minimum absolute atomic E-state index is 0.241. The van der Waals surface area contributed by atoms with Crippen molar-refractivity contribution in [3.8, 4) is 0 Å². The van der Waals surface area contributed by atoms with Gasteiger partial charge in [-0.25, -0.2) is 18.1 Å². The third-order valence-corrected chi connectivity index (χ3v) is 4.70. The second-order valence-electron chi connectivity index (χ2n) is 5.04. The summed E-state index contributed by atoms with van der Waals surface area (Å²) in [4.78, 5) is 4.48.